The van der Waals surface area contributed by atoms with Crippen molar-refractivity contribution in [3.05, 3.63) is 30.1 Å². The standard InChI is InChI=1S/C20H28FN3O.2ClH/c21-16-1-5-19(6-2-16)24-8-7-14(13-24)12-22-20(25)11-15-9-17-3-4-18(10-15)23-17;;/h1-2,5-6,14-15,17-18,23H,3-4,7-13H2,(H,22,25);2*1H. The molecule has 3 aliphatic heterocycles. The second-order valence-corrected chi connectivity index (χ2v) is 8.06. The van der Waals surface area contributed by atoms with Crippen molar-refractivity contribution in [2.45, 2.75) is 50.6 Å². The highest BCUT2D eigenvalue weighted by Crippen LogP contribution is 2.32. The molecule has 2 N–H and O–H groups in total. The fourth-order valence-electron chi connectivity index (χ4n) is 4.82. The molecule has 3 unspecified atom stereocenters. The number of halogens is 3. The van der Waals surface area contributed by atoms with Crippen molar-refractivity contribution in [3.8, 4) is 0 Å². The van der Waals surface area contributed by atoms with Crippen LogP contribution in [0.3, 0.4) is 0 Å². The van der Waals surface area contributed by atoms with Gasteiger partial charge in [0.1, 0.15) is 5.82 Å². The Hall–Kier alpha value is -1.04. The van der Waals surface area contributed by atoms with E-state index in [1.807, 2.05) is 12.1 Å². The summed E-state index contributed by atoms with van der Waals surface area (Å²) in [6.07, 6.45) is 6.64. The van der Waals surface area contributed by atoms with Crippen molar-refractivity contribution in [1.82, 2.24) is 10.6 Å². The largest absolute Gasteiger partial charge is 0.371 e. The zero-order valence-corrected chi connectivity index (χ0v) is 17.2. The van der Waals surface area contributed by atoms with Crippen LogP contribution >= 0.6 is 24.8 Å². The first-order valence-corrected chi connectivity index (χ1v) is 9.69. The number of nitrogens with one attached hydrogen (secondary N) is 2. The second-order valence-electron chi connectivity index (χ2n) is 8.06. The first-order chi connectivity index (χ1) is 12.2. The van der Waals surface area contributed by atoms with Crippen LogP contribution in [0.15, 0.2) is 24.3 Å². The fourth-order valence-corrected chi connectivity index (χ4v) is 4.82. The smallest absolute Gasteiger partial charge is 0.220 e. The average Bonchev–Trinajstić information content (AvgIpc) is 3.20. The Bertz CT molecular complexity index is 604. The molecule has 3 heterocycles. The van der Waals surface area contributed by atoms with Crippen LogP contribution in [0.5, 0.6) is 0 Å². The predicted molar refractivity (Wildman–Crippen MR) is 112 cm³/mol. The summed E-state index contributed by atoms with van der Waals surface area (Å²) in [6.45, 7) is 2.67. The summed E-state index contributed by atoms with van der Waals surface area (Å²) in [6, 6.07) is 7.99. The lowest BCUT2D eigenvalue weighted by Crippen LogP contribution is -2.40. The lowest BCUT2D eigenvalue weighted by Gasteiger charge is -2.28. The van der Waals surface area contributed by atoms with Gasteiger partial charge in [0, 0.05) is 43.8 Å². The minimum absolute atomic E-state index is 0. The number of nitrogens with zero attached hydrogens (tertiary/aromatic N) is 1. The van der Waals surface area contributed by atoms with E-state index in [1.54, 1.807) is 0 Å². The van der Waals surface area contributed by atoms with Crippen LogP contribution in [0, 0.1) is 17.7 Å². The van der Waals surface area contributed by atoms with Gasteiger partial charge in [-0.05, 0) is 68.2 Å². The molecular formula is C20H30Cl2FN3O. The Morgan fingerprint density at radius 1 is 1.07 bits per heavy atom. The van der Waals surface area contributed by atoms with Crippen LogP contribution in [0.4, 0.5) is 10.1 Å². The molecule has 3 fully saturated rings. The van der Waals surface area contributed by atoms with Crippen molar-refractivity contribution < 1.29 is 9.18 Å². The zero-order chi connectivity index (χ0) is 17.2. The normalized spacial score (nSPS) is 29.0. The van der Waals surface area contributed by atoms with Crippen LogP contribution in [-0.2, 0) is 4.79 Å². The Balaban J connectivity index is 0.00000131. The molecule has 2 bridgehead atoms. The Labute approximate surface area is 173 Å². The summed E-state index contributed by atoms with van der Waals surface area (Å²) in [5, 5.41) is 6.79. The molecule has 3 atom stereocenters. The van der Waals surface area contributed by atoms with Crippen molar-refractivity contribution in [2.75, 3.05) is 24.5 Å². The lowest BCUT2D eigenvalue weighted by atomic mass is 9.89. The van der Waals surface area contributed by atoms with E-state index in [1.165, 1.54) is 25.0 Å². The summed E-state index contributed by atoms with van der Waals surface area (Å²) in [7, 11) is 0. The van der Waals surface area contributed by atoms with Crippen molar-refractivity contribution >= 4 is 36.4 Å². The Morgan fingerprint density at radius 3 is 2.41 bits per heavy atom. The molecule has 0 saturated carbocycles. The molecule has 4 rings (SSSR count). The van der Waals surface area contributed by atoms with E-state index in [9.17, 15) is 9.18 Å². The average molecular weight is 418 g/mol. The fraction of sp³-hybridized carbons (Fsp3) is 0.650. The number of carbonyl (C=O) groups is 1. The zero-order valence-electron chi connectivity index (χ0n) is 15.5. The molecule has 0 aromatic heterocycles. The van der Waals surface area contributed by atoms with Gasteiger partial charge in [0.25, 0.3) is 0 Å². The third-order valence-corrected chi connectivity index (χ3v) is 6.11. The van der Waals surface area contributed by atoms with Crippen molar-refractivity contribution in [2.24, 2.45) is 11.8 Å². The van der Waals surface area contributed by atoms with Gasteiger partial charge in [0.15, 0.2) is 0 Å². The molecule has 0 radical (unpaired) electrons. The molecule has 1 aromatic carbocycles. The Morgan fingerprint density at radius 2 is 1.74 bits per heavy atom. The van der Waals surface area contributed by atoms with Gasteiger partial charge in [-0.2, -0.15) is 0 Å². The number of benzene rings is 1. The van der Waals surface area contributed by atoms with Crippen LogP contribution in [-0.4, -0.2) is 37.6 Å². The van der Waals surface area contributed by atoms with Gasteiger partial charge in [-0.25, -0.2) is 4.39 Å². The number of piperidine rings is 1. The number of rotatable bonds is 5. The van der Waals surface area contributed by atoms with Gasteiger partial charge in [0.05, 0.1) is 0 Å². The summed E-state index contributed by atoms with van der Waals surface area (Å²) in [4.78, 5) is 14.6. The first-order valence-electron chi connectivity index (χ1n) is 9.69. The van der Waals surface area contributed by atoms with Crippen molar-refractivity contribution in [1.29, 1.82) is 0 Å². The van der Waals surface area contributed by atoms with Gasteiger partial charge < -0.3 is 15.5 Å². The van der Waals surface area contributed by atoms with E-state index in [2.05, 4.69) is 15.5 Å². The number of carbonyl (C=O) groups excluding carboxylic acids is 1. The maximum atomic E-state index is 13.0. The second kappa shape index (κ2) is 9.94. The van der Waals surface area contributed by atoms with Crippen molar-refractivity contribution in [3.63, 3.8) is 0 Å². The number of anilines is 1. The molecule has 0 aliphatic carbocycles. The third kappa shape index (κ3) is 5.72. The van der Waals surface area contributed by atoms with E-state index < -0.39 is 0 Å². The summed E-state index contributed by atoms with van der Waals surface area (Å²) in [5.41, 5.74) is 1.07. The molecule has 27 heavy (non-hydrogen) atoms. The number of hydrogen-bond acceptors (Lipinski definition) is 3. The maximum Gasteiger partial charge on any atom is 0.220 e. The number of hydrogen-bond donors (Lipinski definition) is 2. The number of amides is 1. The predicted octanol–water partition coefficient (Wildman–Crippen LogP) is 3.53. The van der Waals surface area contributed by atoms with Gasteiger partial charge in [-0.15, -0.1) is 24.8 Å². The van der Waals surface area contributed by atoms with Gasteiger partial charge >= 0.3 is 0 Å². The Kier molecular flexibility index (Phi) is 8.20. The third-order valence-electron chi connectivity index (χ3n) is 6.11. The van der Waals surface area contributed by atoms with Gasteiger partial charge in [0.2, 0.25) is 5.91 Å². The summed E-state index contributed by atoms with van der Waals surface area (Å²) < 4.78 is 13.0. The minimum Gasteiger partial charge on any atom is -0.371 e. The molecule has 1 amide bonds. The number of fused-ring (bicyclic) bond motifs is 2. The highest BCUT2D eigenvalue weighted by atomic mass is 35.5. The van der Waals surface area contributed by atoms with E-state index in [4.69, 9.17) is 0 Å². The topological polar surface area (TPSA) is 44.4 Å². The molecule has 4 nitrogen and oxygen atoms in total. The minimum atomic E-state index is -0.196. The highest BCUT2D eigenvalue weighted by Gasteiger charge is 2.34. The SMILES string of the molecule is Cl.Cl.O=C(CC1CC2CCC(C1)N2)NCC1CCN(c2ccc(F)cc2)C1. The molecule has 3 saturated heterocycles. The summed E-state index contributed by atoms with van der Waals surface area (Å²) in [5.74, 6) is 1.06. The molecule has 3 aliphatic rings. The van der Waals surface area contributed by atoms with Crippen LogP contribution in [0.25, 0.3) is 0 Å². The molecular weight excluding hydrogens is 388 g/mol. The van der Waals surface area contributed by atoms with E-state index in [-0.39, 0.29) is 36.5 Å². The first kappa shape index (κ1) is 22.3. The van der Waals surface area contributed by atoms with E-state index in [0.717, 1.165) is 44.6 Å². The summed E-state index contributed by atoms with van der Waals surface area (Å²) >= 11 is 0. The molecule has 1 aromatic rings. The quantitative estimate of drug-likeness (QED) is 0.769. The molecule has 152 valence electrons. The highest BCUT2D eigenvalue weighted by molar-refractivity contribution is 5.85. The van der Waals surface area contributed by atoms with E-state index in [0.29, 0.717) is 30.3 Å². The lowest BCUT2D eigenvalue weighted by molar-refractivity contribution is -0.122. The van der Waals surface area contributed by atoms with Crippen LogP contribution in [0.1, 0.15) is 38.5 Å². The van der Waals surface area contributed by atoms with Gasteiger partial charge in [-0.1, -0.05) is 0 Å². The monoisotopic (exact) mass is 417 g/mol. The van der Waals surface area contributed by atoms with Gasteiger partial charge in [-0.3, -0.25) is 4.79 Å². The maximum absolute atomic E-state index is 13.0. The molecule has 7 heteroatoms. The van der Waals surface area contributed by atoms with E-state index >= 15 is 0 Å². The van der Waals surface area contributed by atoms with Crippen LogP contribution < -0.4 is 15.5 Å². The van der Waals surface area contributed by atoms with Crippen LogP contribution in [0.2, 0.25) is 0 Å². The molecule has 0 spiro atoms.